The van der Waals surface area contributed by atoms with E-state index in [0.29, 0.717) is 13.2 Å². The molecule has 0 aliphatic rings. The molecule has 1 N–H and O–H groups in total. The molecule has 0 amide bonds. The molecule has 2 aromatic rings. The van der Waals surface area contributed by atoms with Gasteiger partial charge in [0, 0.05) is 19.3 Å². The molecular weight excluding hydrogens is 262 g/mol. The Labute approximate surface area is 126 Å². The van der Waals surface area contributed by atoms with Crippen LogP contribution in [0.5, 0.6) is 5.75 Å². The standard InChI is InChI=1S/C18H23NO2/c1-14-5-4-6-15(2)18(14)19-13-16-7-9-17(10-8-16)21-12-11-20-3/h4-10,19H,11-13H2,1-3H3. The lowest BCUT2D eigenvalue weighted by Crippen LogP contribution is -2.05. The van der Waals surface area contributed by atoms with E-state index in [4.69, 9.17) is 9.47 Å². The van der Waals surface area contributed by atoms with Crippen molar-refractivity contribution >= 4 is 5.69 Å². The first kappa shape index (κ1) is 15.4. The van der Waals surface area contributed by atoms with Crippen LogP contribution in [0.4, 0.5) is 5.69 Å². The van der Waals surface area contributed by atoms with Crippen LogP contribution in [0.2, 0.25) is 0 Å². The average Bonchev–Trinajstić information content (AvgIpc) is 2.48. The van der Waals surface area contributed by atoms with Crippen molar-refractivity contribution < 1.29 is 9.47 Å². The van der Waals surface area contributed by atoms with Crippen molar-refractivity contribution in [2.24, 2.45) is 0 Å². The van der Waals surface area contributed by atoms with Crippen molar-refractivity contribution in [3.8, 4) is 5.75 Å². The maximum Gasteiger partial charge on any atom is 0.119 e. The number of hydrogen-bond donors (Lipinski definition) is 1. The van der Waals surface area contributed by atoms with Crippen LogP contribution in [0.25, 0.3) is 0 Å². The smallest absolute Gasteiger partial charge is 0.119 e. The lowest BCUT2D eigenvalue weighted by molar-refractivity contribution is 0.146. The van der Waals surface area contributed by atoms with Crippen LogP contribution in [0.3, 0.4) is 0 Å². The van der Waals surface area contributed by atoms with Crippen molar-refractivity contribution in [1.29, 1.82) is 0 Å². The third kappa shape index (κ3) is 4.50. The molecule has 0 spiro atoms. The Morgan fingerprint density at radius 2 is 1.57 bits per heavy atom. The second kappa shape index (κ2) is 7.70. The summed E-state index contributed by atoms with van der Waals surface area (Å²) < 4.78 is 10.5. The van der Waals surface area contributed by atoms with Gasteiger partial charge in [0.1, 0.15) is 12.4 Å². The summed E-state index contributed by atoms with van der Waals surface area (Å²) in [6.07, 6.45) is 0. The molecule has 0 fully saturated rings. The maximum absolute atomic E-state index is 5.56. The lowest BCUT2D eigenvalue weighted by Gasteiger charge is -2.13. The molecule has 0 radical (unpaired) electrons. The zero-order chi connectivity index (χ0) is 15.1. The van der Waals surface area contributed by atoms with Gasteiger partial charge in [0.05, 0.1) is 6.61 Å². The van der Waals surface area contributed by atoms with E-state index in [-0.39, 0.29) is 0 Å². The fourth-order valence-electron chi connectivity index (χ4n) is 2.23. The summed E-state index contributed by atoms with van der Waals surface area (Å²) in [5.41, 5.74) is 5.00. The van der Waals surface area contributed by atoms with E-state index in [9.17, 15) is 0 Å². The first-order valence-corrected chi connectivity index (χ1v) is 7.21. The third-order valence-corrected chi connectivity index (χ3v) is 3.43. The number of hydrogen-bond acceptors (Lipinski definition) is 3. The van der Waals surface area contributed by atoms with Crippen LogP contribution in [0.1, 0.15) is 16.7 Å². The molecule has 3 nitrogen and oxygen atoms in total. The number of methoxy groups -OCH3 is 1. The SMILES string of the molecule is COCCOc1ccc(CNc2c(C)cccc2C)cc1. The topological polar surface area (TPSA) is 30.5 Å². The van der Waals surface area contributed by atoms with Gasteiger partial charge >= 0.3 is 0 Å². The van der Waals surface area contributed by atoms with Crippen molar-refractivity contribution in [3.05, 3.63) is 59.2 Å². The molecule has 0 heterocycles. The van der Waals surface area contributed by atoms with E-state index in [1.54, 1.807) is 7.11 Å². The largest absolute Gasteiger partial charge is 0.491 e. The van der Waals surface area contributed by atoms with Crippen LogP contribution < -0.4 is 10.1 Å². The fourth-order valence-corrected chi connectivity index (χ4v) is 2.23. The number of nitrogens with one attached hydrogen (secondary N) is 1. The van der Waals surface area contributed by atoms with E-state index in [1.165, 1.54) is 22.4 Å². The summed E-state index contributed by atoms with van der Waals surface area (Å²) in [6, 6.07) is 14.5. The molecule has 0 aromatic heterocycles. The molecule has 0 bridgehead atoms. The molecule has 0 aliphatic heterocycles. The van der Waals surface area contributed by atoms with Gasteiger partial charge in [-0.25, -0.2) is 0 Å². The zero-order valence-corrected chi connectivity index (χ0v) is 13.0. The van der Waals surface area contributed by atoms with Crippen molar-refractivity contribution in [2.45, 2.75) is 20.4 Å². The van der Waals surface area contributed by atoms with E-state index >= 15 is 0 Å². The fraction of sp³-hybridized carbons (Fsp3) is 0.333. The normalized spacial score (nSPS) is 10.4. The highest BCUT2D eigenvalue weighted by Crippen LogP contribution is 2.20. The molecule has 0 saturated heterocycles. The highest BCUT2D eigenvalue weighted by molar-refractivity contribution is 5.56. The highest BCUT2D eigenvalue weighted by atomic mass is 16.5. The summed E-state index contributed by atoms with van der Waals surface area (Å²) in [4.78, 5) is 0. The lowest BCUT2D eigenvalue weighted by atomic mass is 10.1. The Hall–Kier alpha value is -2.00. The second-order valence-corrected chi connectivity index (χ2v) is 5.11. The minimum absolute atomic E-state index is 0.580. The highest BCUT2D eigenvalue weighted by Gasteiger charge is 2.02. The first-order chi connectivity index (χ1) is 10.2. The van der Waals surface area contributed by atoms with E-state index in [0.717, 1.165) is 12.3 Å². The molecule has 21 heavy (non-hydrogen) atoms. The number of para-hydroxylation sites is 1. The molecular formula is C18H23NO2. The minimum atomic E-state index is 0.580. The van der Waals surface area contributed by atoms with Crippen LogP contribution >= 0.6 is 0 Å². The predicted octanol–water partition coefficient (Wildman–Crippen LogP) is 3.94. The zero-order valence-electron chi connectivity index (χ0n) is 13.0. The Morgan fingerprint density at radius 1 is 0.905 bits per heavy atom. The minimum Gasteiger partial charge on any atom is -0.491 e. The van der Waals surface area contributed by atoms with Gasteiger partial charge in [-0.3, -0.25) is 0 Å². The van der Waals surface area contributed by atoms with Gasteiger partial charge in [0.2, 0.25) is 0 Å². The molecule has 0 unspecified atom stereocenters. The number of benzene rings is 2. The Kier molecular flexibility index (Phi) is 5.64. The van der Waals surface area contributed by atoms with E-state index in [2.05, 4.69) is 49.5 Å². The van der Waals surface area contributed by atoms with Crippen molar-refractivity contribution in [3.63, 3.8) is 0 Å². The molecule has 2 aromatic carbocycles. The molecule has 0 saturated carbocycles. The van der Waals surface area contributed by atoms with Gasteiger partial charge in [-0.05, 0) is 42.7 Å². The third-order valence-electron chi connectivity index (χ3n) is 3.43. The van der Waals surface area contributed by atoms with Crippen molar-refractivity contribution in [1.82, 2.24) is 0 Å². The Bertz CT molecular complexity index is 544. The first-order valence-electron chi connectivity index (χ1n) is 7.21. The van der Waals surface area contributed by atoms with Crippen LogP contribution in [0, 0.1) is 13.8 Å². The molecule has 0 atom stereocenters. The number of ether oxygens (including phenoxy) is 2. The maximum atomic E-state index is 5.56. The van der Waals surface area contributed by atoms with Gasteiger partial charge in [-0.15, -0.1) is 0 Å². The van der Waals surface area contributed by atoms with Gasteiger partial charge in [0.25, 0.3) is 0 Å². The summed E-state index contributed by atoms with van der Waals surface area (Å²) in [6.45, 7) is 6.25. The quantitative estimate of drug-likeness (QED) is 0.782. The molecule has 112 valence electrons. The molecule has 0 aliphatic carbocycles. The molecule has 3 heteroatoms. The monoisotopic (exact) mass is 285 g/mol. The van der Waals surface area contributed by atoms with Gasteiger partial charge in [-0.2, -0.15) is 0 Å². The molecule has 2 rings (SSSR count). The Morgan fingerprint density at radius 3 is 2.19 bits per heavy atom. The van der Waals surface area contributed by atoms with Gasteiger partial charge < -0.3 is 14.8 Å². The summed E-state index contributed by atoms with van der Waals surface area (Å²) in [7, 11) is 1.67. The van der Waals surface area contributed by atoms with Crippen LogP contribution in [-0.2, 0) is 11.3 Å². The second-order valence-electron chi connectivity index (χ2n) is 5.11. The van der Waals surface area contributed by atoms with Crippen LogP contribution in [0.15, 0.2) is 42.5 Å². The predicted molar refractivity (Wildman–Crippen MR) is 87.1 cm³/mol. The number of rotatable bonds is 7. The van der Waals surface area contributed by atoms with Gasteiger partial charge in [0.15, 0.2) is 0 Å². The summed E-state index contributed by atoms with van der Waals surface area (Å²) >= 11 is 0. The van der Waals surface area contributed by atoms with Crippen molar-refractivity contribution in [2.75, 3.05) is 25.6 Å². The summed E-state index contributed by atoms with van der Waals surface area (Å²) in [5.74, 6) is 0.878. The van der Waals surface area contributed by atoms with Crippen LogP contribution in [-0.4, -0.2) is 20.3 Å². The number of aryl methyl sites for hydroxylation is 2. The average molecular weight is 285 g/mol. The summed E-state index contributed by atoms with van der Waals surface area (Å²) in [5, 5.41) is 3.51. The Balaban J connectivity index is 1.92. The van der Waals surface area contributed by atoms with Gasteiger partial charge in [-0.1, -0.05) is 30.3 Å². The van der Waals surface area contributed by atoms with E-state index < -0.39 is 0 Å². The number of anilines is 1. The van der Waals surface area contributed by atoms with E-state index in [1.807, 2.05) is 12.1 Å².